The number of carbonyl (C=O) groups is 1. The monoisotopic (exact) mass is 475 g/mol. The second-order valence-electron chi connectivity index (χ2n) is 7.93. The molecular weight excluding hydrogens is 451 g/mol. The van der Waals surface area contributed by atoms with Gasteiger partial charge in [0.15, 0.2) is 22.6 Å². The number of benzene rings is 2. The van der Waals surface area contributed by atoms with Gasteiger partial charge in [-0.05, 0) is 69.3 Å². The third kappa shape index (κ3) is 5.75. The molecule has 0 saturated carbocycles. The Hall–Kier alpha value is -2.85. The Morgan fingerprint density at radius 2 is 1.76 bits per heavy atom. The number of aromatic nitrogens is 3. The molecule has 0 bridgehead atoms. The van der Waals surface area contributed by atoms with Crippen LogP contribution in [0.4, 0.5) is 18.9 Å². The van der Waals surface area contributed by atoms with Gasteiger partial charge in [-0.3, -0.25) is 14.3 Å². The highest BCUT2D eigenvalue weighted by Gasteiger charge is 2.23. The zero-order valence-electron chi connectivity index (χ0n) is 18.1. The molecule has 0 radical (unpaired) electrons. The summed E-state index contributed by atoms with van der Waals surface area (Å²) in [7, 11) is 0. The van der Waals surface area contributed by atoms with E-state index in [4.69, 9.17) is 0 Å². The summed E-state index contributed by atoms with van der Waals surface area (Å²) in [5.74, 6) is -2.05. The van der Waals surface area contributed by atoms with Gasteiger partial charge in [0, 0.05) is 17.4 Å². The summed E-state index contributed by atoms with van der Waals surface area (Å²) in [5.41, 5.74) is 0.862. The fraction of sp³-hybridized carbons (Fsp3) is 0.348. The Kier molecular flexibility index (Phi) is 7.34. The van der Waals surface area contributed by atoms with Gasteiger partial charge in [-0.1, -0.05) is 18.2 Å². The maximum Gasteiger partial charge on any atom is 0.237 e. The van der Waals surface area contributed by atoms with E-state index in [0.29, 0.717) is 23.2 Å². The standard InChI is InChI=1S/C23H24F3N5OS/c1-15(22(32)27-17-7-10-19(25)20(26)13-17)33-23-29-28-21(14-30-11-3-2-4-12-30)31(23)18-8-5-16(24)6-9-18/h5-10,13,15H,2-4,11-12,14H2,1H3,(H,27,32). The number of carbonyl (C=O) groups excluding carboxylic acids is 1. The van der Waals surface area contributed by atoms with Crippen molar-refractivity contribution >= 4 is 23.4 Å². The normalized spacial score (nSPS) is 15.4. The summed E-state index contributed by atoms with van der Waals surface area (Å²) >= 11 is 1.18. The van der Waals surface area contributed by atoms with E-state index in [1.54, 1.807) is 19.1 Å². The maximum atomic E-state index is 13.5. The van der Waals surface area contributed by atoms with Gasteiger partial charge in [0.2, 0.25) is 5.91 Å². The largest absolute Gasteiger partial charge is 0.325 e. The van der Waals surface area contributed by atoms with Crippen LogP contribution in [0, 0.1) is 17.5 Å². The molecular formula is C23H24F3N5OS. The first-order valence-corrected chi connectivity index (χ1v) is 11.6. The molecule has 1 aromatic heterocycles. The fourth-order valence-electron chi connectivity index (χ4n) is 3.68. The molecule has 3 aromatic rings. The maximum absolute atomic E-state index is 13.5. The first-order chi connectivity index (χ1) is 15.9. The molecule has 2 heterocycles. The van der Waals surface area contributed by atoms with E-state index in [1.165, 1.54) is 36.4 Å². The lowest BCUT2D eigenvalue weighted by molar-refractivity contribution is -0.115. The van der Waals surface area contributed by atoms with Crippen LogP contribution in [0.25, 0.3) is 5.69 Å². The Balaban J connectivity index is 1.54. The third-order valence-electron chi connectivity index (χ3n) is 5.44. The Labute approximate surface area is 194 Å². The number of likely N-dealkylation sites (tertiary alicyclic amines) is 1. The van der Waals surface area contributed by atoms with Gasteiger partial charge in [0.25, 0.3) is 0 Å². The first kappa shape index (κ1) is 23.3. The van der Waals surface area contributed by atoms with Crippen molar-refractivity contribution in [3.8, 4) is 5.69 Å². The van der Waals surface area contributed by atoms with E-state index >= 15 is 0 Å². The predicted octanol–water partition coefficient (Wildman–Crippen LogP) is 4.79. The fourth-order valence-corrected chi connectivity index (χ4v) is 4.56. The van der Waals surface area contributed by atoms with Crippen molar-refractivity contribution < 1.29 is 18.0 Å². The van der Waals surface area contributed by atoms with E-state index in [0.717, 1.165) is 38.1 Å². The number of hydrogen-bond acceptors (Lipinski definition) is 5. The van der Waals surface area contributed by atoms with Crippen molar-refractivity contribution in [2.75, 3.05) is 18.4 Å². The summed E-state index contributed by atoms with van der Waals surface area (Å²) in [6.45, 7) is 4.24. The average molecular weight is 476 g/mol. The predicted molar refractivity (Wildman–Crippen MR) is 121 cm³/mol. The molecule has 0 aliphatic carbocycles. The number of rotatable bonds is 7. The topological polar surface area (TPSA) is 63.1 Å². The highest BCUT2D eigenvalue weighted by Crippen LogP contribution is 2.28. The van der Waals surface area contributed by atoms with E-state index in [9.17, 15) is 18.0 Å². The van der Waals surface area contributed by atoms with Gasteiger partial charge in [0.05, 0.1) is 11.8 Å². The quantitative estimate of drug-likeness (QED) is 0.498. The second-order valence-corrected chi connectivity index (χ2v) is 9.23. The molecule has 1 unspecified atom stereocenters. The number of halogens is 3. The molecule has 1 atom stereocenters. The van der Waals surface area contributed by atoms with Gasteiger partial charge in [0.1, 0.15) is 5.82 Å². The van der Waals surface area contributed by atoms with Crippen LogP contribution in [-0.2, 0) is 11.3 Å². The molecule has 1 fully saturated rings. The van der Waals surface area contributed by atoms with E-state index in [2.05, 4.69) is 20.4 Å². The molecule has 33 heavy (non-hydrogen) atoms. The molecule has 1 saturated heterocycles. The van der Waals surface area contributed by atoms with Crippen molar-refractivity contribution in [1.29, 1.82) is 0 Å². The molecule has 1 amide bonds. The highest BCUT2D eigenvalue weighted by molar-refractivity contribution is 8.00. The number of thioether (sulfide) groups is 1. The number of piperidine rings is 1. The zero-order valence-corrected chi connectivity index (χ0v) is 18.9. The van der Waals surface area contributed by atoms with Crippen LogP contribution in [-0.4, -0.2) is 43.9 Å². The number of hydrogen-bond donors (Lipinski definition) is 1. The summed E-state index contributed by atoms with van der Waals surface area (Å²) in [4.78, 5) is 15.0. The minimum Gasteiger partial charge on any atom is -0.325 e. The van der Waals surface area contributed by atoms with Crippen molar-refractivity contribution in [1.82, 2.24) is 19.7 Å². The molecule has 1 aliphatic heterocycles. The van der Waals surface area contributed by atoms with Crippen LogP contribution in [0.2, 0.25) is 0 Å². The molecule has 2 aromatic carbocycles. The van der Waals surface area contributed by atoms with Crippen molar-refractivity contribution in [3.63, 3.8) is 0 Å². The van der Waals surface area contributed by atoms with E-state index in [-0.39, 0.29) is 11.5 Å². The minimum atomic E-state index is -1.04. The molecule has 6 nitrogen and oxygen atoms in total. The SMILES string of the molecule is CC(Sc1nnc(CN2CCCCC2)n1-c1ccc(F)cc1)C(=O)Nc1ccc(F)c(F)c1. The molecule has 0 spiro atoms. The van der Waals surface area contributed by atoms with Crippen molar-refractivity contribution in [2.24, 2.45) is 0 Å². The Morgan fingerprint density at radius 1 is 1.03 bits per heavy atom. The number of anilines is 1. The van der Waals surface area contributed by atoms with Gasteiger partial charge in [-0.2, -0.15) is 0 Å². The molecule has 10 heteroatoms. The molecule has 1 aliphatic rings. The van der Waals surface area contributed by atoms with Crippen LogP contribution < -0.4 is 5.32 Å². The second kappa shape index (κ2) is 10.4. The van der Waals surface area contributed by atoms with Gasteiger partial charge >= 0.3 is 0 Å². The summed E-state index contributed by atoms with van der Waals surface area (Å²) < 4.78 is 42.0. The molecule has 174 valence electrons. The van der Waals surface area contributed by atoms with Crippen LogP contribution >= 0.6 is 11.8 Å². The number of nitrogens with zero attached hydrogens (tertiary/aromatic N) is 4. The smallest absolute Gasteiger partial charge is 0.237 e. The highest BCUT2D eigenvalue weighted by atomic mass is 32.2. The van der Waals surface area contributed by atoms with Crippen molar-refractivity contribution in [3.05, 3.63) is 65.7 Å². The zero-order chi connectivity index (χ0) is 23.4. The minimum absolute atomic E-state index is 0.164. The average Bonchev–Trinajstić information content (AvgIpc) is 3.19. The lowest BCUT2D eigenvalue weighted by Crippen LogP contribution is -2.30. The third-order valence-corrected chi connectivity index (χ3v) is 6.48. The Morgan fingerprint density at radius 3 is 2.45 bits per heavy atom. The lowest BCUT2D eigenvalue weighted by atomic mass is 10.1. The first-order valence-electron chi connectivity index (χ1n) is 10.8. The summed E-state index contributed by atoms with van der Waals surface area (Å²) in [6.07, 6.45) is 3.48. The Bertz CT molecular complexity index is 1120. The van der Waals surface area contributed by atoms with E-state index < -0.39 is 22.8 Å². The van der Waals surface area contributed by atoms with Crippen LogP contribution in [0.3, 0.4) is 0 Å². The number of amides is 1. The molecule has 4 rings (SSSR count). The summed E-state index contributed by atoms with van der Waals surface area (Å²) in [5, 5.41) is 11.1. The van der Waals surface area contributed by atoms with Gasteiger partial charge in [-0.25, -0.2) is 13.2 Å². The van der Waals surface area contributed by atoms with Crippen molar-refractivity contribution in [2.45, 2.75) is 43.1 Å². The van der Waals surface area contributed by atoms with Gasteiger partial charge < -0.3 is 5.32 Å². The van der Waals surface area contributed by atoms with Crippen LogP contribution in [0.1, 0.15) is 32.0 Å². The number of nitrogens with one attached hydrogen (secondary N) is 1. The van der Waals surface area contributed by atoms with Gasteiger partial charge in [-0.15, -0.1) is 10.2 Å². The summed E-state index contributed by atoms with van der Waals surface area (Å²) in [6, 6.07) is 9.22. The van der Waals surface area contributed by atoms with Crippen LogP contribution in [0.5, 0.6) is 0 Å². The van der Waals surface area contributed by atoms with Crippen LogP contribution in [0.15, 0.2) is 47.6 Å². The lowest BCUT2D eigenvalue weighted by Gasteiger charge is -2.26. The van der Waals surface area contributed by atoms with E-state index in [1.807, 2.05) is 4.57 Å². The molecule has 1 N–H and O–H groups in total.